The zero-order valence-electron chi connectivity index (χ0n) is 53.6. The van der Waals surface area contributed by atoms with Crippen molar-refractivity contribution in [3.63, 3.8) is 0 Å². The number of unbranched alkanes of at least 4 members (excludes halogenated alkanes) is 53. The predicted octanol–water partition coefficient (Wildman–Crippen LogP) is 23.3. The number of hydrogen-bond donors (Lipinski definition) is 3. The number of carbonyl (C=O) groups is 2. The smallest absolute Gasteiger partial charge is 0.305 e. The van der Waals surface area contributed by atoms with Crippen LogP contribution in [-0.2, 0) is 14.3 Å². The van der Waals surface area contributed by atoms with Crippen LogP contribution < -0.4 is 5.32 Å². The standard InChI is InChI=1S/C73H141NO5/c1-3-5-7-9-11-13-15-17-19-20-35-39-43-47-51-55-59-63-67-73(78)79-68-64-60-56-52-48-44-40-36-33-31-29-27-25-23-21-22-24-26-28-30-32-34-38-42-46-50-54-58-62-66-72(77)74-70(69-75)71(76)65-61-57-53-49-45-41-37-18-16-14-12-10-8-6-4-2/h13,15,19-20,70-71,75-76H,3-12,14,16-18,21-69H2,1-2H3,(H,74,77)/b15-13-,20-19-. The van der Waals surface area contributed by atoms with E-state index < -0.39 is 12.1 Å². The lowest BCUT2D eigenvalue weighted by molar-refractivity contribution is -0.143. The van der Waals surface area contributed by atoms with Crippen LogP contribution in [0.4, 0.5) is 0 Å². The van der Waals surface area contributed by atoms with Crippen LogP contribution in [0.25, 0.3) is 0 Å². The van der Waals surface area contributed by atoms with Gasteiger partial charge in [-0.1, -0.05) is 359 Å². The molecule has 0 spiro atoms. The van der Waals surface area contributed by atoms with E-state index in [4.69, 9.17) is 4.74 Å². The molecule has 0 aliphatic carbocycles. The van der Waals surface area contributed by atoms with E-state index >= 15 is 0 Å². The lowest BCUT2D eigenvalue weighted by Gasteiger charge is -2.22. The molecule has 2 unspecified atom stereocenters. The predicted molar refractivity (Wildman–Crippen MR) is 347 cm³/mol. The lowest BCUT2D eigenvalue weighted by atomic mass is 10.0. The average molecular weight is 1110 g/mol. The van der Waals surface area contributed by atoms with Crippen molar-refractivity contribution >= 4 is 11.9 Å². The van der Waals surface area contributed by atoms with Gasteiger partial charge in [0.05, 0.1) is 25.4 Å². The van der Waals surface area contributed by atoms with Crippen molar-refractivity contribution in [2.45, 2.75) is 418 Å². The average Bonchev–Trinajstić information content (AvgIpc) is 3.45. The zero-order chi connectivity index (χ0) is 57.1. The largest absolute Gasteiger partial charge is 0.466 e. The van der Waals surface area contributed by atoms with E-state index in [2.05, 4.69) is 43.5 Å². The number of aliphatic hydroxyl groups is 2. The van der Waals surface area contributed by atoms with Gasteiger partial charge < -0.3 is 20.3 Å². The molecule has 0 aromatic rings. The van der Waals surface area contributed by atoms with Crippen molar-refractivity contribution in [2.75, 3.05) is 13.2 Å². The summed E-state index contributed by atoms with van der Waals surface area (Å²) in [6.07, 6.45) is 86.6. The Kier molecular flexibility index (Phi) is 67.4. The Morgan fingerprint density at radius 3 is 0.975 bits per heavy atom. The van der Waals surface area contributed by atoms with Gasteiger partial charge in [0, 0.05) is 12.8 Å². The fourth-order valence-corrected chi connectivity index (χ4v) is 11.5. The van der Waals surface area contributed by atoms with Crippen LogP contribution in [-0.4, -0.2) is 47.4 Å². The Hall–Kier alpha value is -1.66. The molecule has 0 saturated heterocycles. The van der Waals surface area contributed by atoms with E-state index in [1.54, 1.807) is 0 Å². The summed E-state index contributed by atoms with van der Waals surface area (Å²) in [5.41, 5.74) is 0. The van der Waals surface area contributed by atoms with Crippen molar-refractivity contribution in [3.8, 4) is 0 Å². The minimum absolute atomic E-state index is 0.0129. The molecule has 2 atom stereocenters. The van der Waals surface area contributed by atoms with Gasteiger partial charge in [0.2, 0.25) is 5.91 Å². The van der Waals surface area contributed by atoms with Crippen molar-refractivity contribution in [2.24, 2.45) is 0 Å². The maximum atomic E-state index is 12.5. The third-order valence-electron chi connectivity index (χ3n) is 17.0. The number of ether oxygens (including phenoxy) is 1. The number of carbonyl (C=O) groups excluding carboxylic acids is 2. The molecule has 79 heavy (non-hydrogen) atoms. The Labute approximate surface area is 494 Å². The zero-order valence-corrected chi connectivity index (χ0v) is 53.6. The van der Waals surface area contributed by atoms with Gasteiger partial charge in [-0.15, -0.1) is 0 Å². The second-order valence-electron chi connectivity index (χ2n) is 24.9. The van der Waals surface area contributed by atoms with Gasteiger partial charge in [-0.2, -0.15) is 0 Å². The minimum Gasteiger partial charge on any atom is -0.466 e. The molecule has 0 rings (SSSR count). The van der Waals surface area contributed by atoms with E-state index in [1.165, 1.54) is 321 Å². The quantitative estimate of drug-likeness (QED) is 0.0320. The van der Waals surface area contributed by atoms with Crippen LogP contribution in [0.2, 0.25) is 0 Å². The Balaban J connectivity index is 3.32. The fourth-order valence-electron chi connectivity index (χ4n) is 11.5. The number of nitrogens with one attached hydrogen (secondary N) is 1. The molecule has 1 amide bonds. The van der Waals surface area contributed by atoms with E-state index in [0.29, 0.717) is 25.9 Å². The molecule has 3 N–H and O–H groups in total. The van der Waals surface area contributed by atoms with E-state index in [1.807, 2.05) is 0 Å². The SMILES string of the molecule is CCCCCC/C=C\C/C=C\CCCCCCCCCC(=O)OCCCCCCCCCCCCCCCCCCCCCCCCCCCCCCCC(=O)NC(CO)C(O)CCCCCCCCCCCCCCCCC. The first kappa shape index (κ1) is 77.3. The number of amides is 1. The van der Waals surface area contributed by atoms with Crippen molar-refractivity contribution in [3.05, 3.63) is 24.3 Å². The minimum atomic E-state index is -0.661. The number of rotatable bonds is 68. The molecule has 468 valence electrons. The normalized spacial score (nSPS) is 12.6. The molecular weight excluding hydrogens is 971 g/mol. The van der Waals surface area contributed by atoms with Gasteiger partial charge in [-0.3, -0.25) is 9.59 Å². The van der Waals surface area contributed by atoms with Crippen molar-refractivity contribution in [1.82, 2.24) is 5.32 Å². The molecule has 0 radical (unpaired) electrons. The topological polar surface area (TPSA) is 95.9 Å². The highest BCUT2D eigenvalue weighted by Gasteiger charge is 2.20. The second kappa shape index (κ2) is 68.8. The van der Waals surface area contributed by atoms with Crippen LogP contribution in [0, 0.1) is 0 Å². The number of hydrogen-bond acceptors (Lipinski definition) is 5. The van der Waals surface area contributed by atoms with Gasteiger partial charge in [0.1, 0.15) is 0 Å². The van der Waals surface area contributed by atoms with E-state index in [0.717, 1.165) is 51.4 Å². The van der Waals surface area contributed by atoms with E-state index in [9.17, 15) is 19.8 Å². The Morgan fingerprint density at radius 1 is 0.354 bits per heavy atom. The van der Waals surface area contributed by atoms with Crippen LogP contribution in [0.15, 0.2) is 24.3 Å². The van der Waals surface area contributed by atoms with Crippen LogP contribution in [0.3, 0.4) is 0 Å². The second-order valence-corrected chi connectivity index (χ2v) is 24.9. The highest BCUT2D eigenvalue weighted by molar-refractivity contribution is 5.76. The van der Waals surface area contributed by atoms with Crippen molar-refractivity contribution in [1.29, 1.82) is 0 Å². The Bertz CT molecular complexity index is 1230. The van der Waals surface area contributed by atoms with Crippen LogP contribution in [0.1, 0.15) is 406 Å². The van der Waals surface area contributed by atoms with Gasteiger partial charge in [0.25, 0.3) is 0 Å². The number of aliphatic hydroxyl groups excluding tert-OH is 2. The molecule has 0 aromatic heterocycles. The van der Waals surface area contributed by atoms with Crippen LogP contribution in [0.5, 0.6) is 0 Å². The third-order valence-corrected chi connectivity index (χ3v) is 17.0. The molecule has 6 nitrogen and oxygen atoms in total. The molecule has 0 aliphatic heterocycles. The number of esters is 1. The lowest BCUT2D eigenvalue weighted by Crippen LogP contribution is -2.45. The molecule has 0 heterocycles. The summed E-state index contributed by atoms with van der Waals surface area (Å²) in [6, 6.07) is -0.538. The summed E-state index contributed by atoms with van der Waals surface area (Å²) < 4.78 is 5.51. The summed E-state index contributed by atoms with van der Waals surface area (Å²) in [6.45, 7) is 4.97. The summed E-state index contributed by atoms with van der Waals surface area (Å²) in [5, 5.41) is 23.3. The van der Waals surface area contributed by atoms with Crippen LogP contribution >= 0.6 is 0 Å². The maximum absolute atomic E-state index is 12.5. The molecule has 0 aromatic carbocycles. The van der Waals surface area contributed by atoms with Gasteiger partial charge >= 0.3 is 5.97 Å². The summed E-state index contributed by atoms with van der Waals surface area (Å²) in [7, 11) is 0. The highest BCUT2D eigenvalue weighted by atomic mass is 16.5. The van der Waals surface area contributed by atoms with Crippen molar-refractivity contribution < 1.29 is 24.5 Å². The van der Waals surface area contributed by atoms with E-state index in [-0.39, 0.29) is 18.5 Å². The fraction of sp³-hybridized carbons (Fsp3) is 0.918. The summed E-state index contributed by atoms with van der Waals surface area (Å²) in [4.78, 5) is 24.6. The summed E-state index contributed by atoms with van der Waals surface area (Å²) >= 11 is 0. The first-order chi connectivity index (χ1) is 39.0. The first-order valence-corrected chi connectivity index (χ1v) is 36.1. The summed E-state index contributed by atoms with van der Waals surface area (Å²) in [5.74, 6) is -0.0155. The number of allylic oxidation sites excluding steroid dienone is 4. The van der Waals surface area contributed by atoms with Gasteiger partial charge in [-0.05, 0) is 57.8 Å². The highest BCUT2D eigenvalue weighted by Crippen LogP contribution is 2.19. The Morgan fingerprint density at radius 2 is 0.633 bits per heavy atom. The maximum Gasteiger partial charge on any atom is 0.305 e. The molecule has 0 bridgehead atoms. The van der Waals surface area contributed by atoms with Gasteiger partial charge in [0.15, 0.2) is 0 Å². The molecular formula is C73H141NO5. The molecule has 0 aliphatic rings. The first-order valence-electron chi connectivity index (χ1n) is 36.1. The molecule has 0 saturated carbocycles. The molecule has 0 fully saturated rings. The van der Waals surface area contributed by atoms with Gasteiger partial charge in [-0.25, -0.2) is 0 Å². The molecule has 6 heteroatoms. The monoisotopic (exact) mass is 1110 g/mol. The third kappa shape index (κ3) is 65.4.